The smallest absolute Gasteiger partial charge is 0.274 e. The van der Waals surface area contributed by atoms with Crippen LogP contribution in [0.3, 0.4) is 0 Å². The molecule has 0 aliphatic carbocycles. The number of carbonyl (C=O) groups is 1. The fourth-order valence-corrected chi connectivity index (χ4v) is 1.79. The number of hydrogen-bond donors (Lipinski definition) is 1. The lowest BCUT2D eigenvalue weighted by molar-refractivity contribution is 0.0951. The fourth-order valence-electron chi connectivity index (χ4n) is 1.79. The van der Waals surface area contributed by atoms with Crippen molar-refractivity contribution >= 4 is 12.1 Å². The molecule has 0 spiro atoms. The van der Waals surface area contributed by atoms with Gasteiger partial charge in [-0.15, -0.1) is 0 Å². The molecule has 0 saturated heterocycles. The molecule has 0 unspecified atom stereocenters. The highest BCUT2D eigenvalue weighted by Crippen LogP contribution is 2.22. The molecule has 5 nitrogen and oxygen atoms in total. The molecule has 0 aliphatic heterocycles. The van der Waals surface area contributed by atoms with E-state index in [1.165, 1.54) is 31.5 Å². The van der Waals surface area contributed by atoms with E-state index in [2.05, 4.69) is 10.5 Å². The standard InChI is InChI=1S/C16H15FN2O3/c1-21-12-8-7-11(15(9-12)22-2)10-18-19-16(20)13-5-3-4-6-14(13)17/h3-10H,1-2H3,(H,19,20)/b18-10-. The lowest BCUT2D eigenvalue weighted by Crippen LogP contribution is -2.19. The number of benzene rings is 2. The van der Waals surface area contributed by atoms with E-state index < -0.39 is 11.7 Å². The largest absolute Gasteiger partial charge is 0.497 e. The van der Waals surface area contributed by atoms with Crippen LogP contribution in [0, 0.1) is 5.82 Å². The lowest BCUT2D eigenvalue weighted by atomic mass is 10.2. The molecule has 2 aromatic carbocycles. The molecule has 0 aliphatic rings. The van der Waals surface area contributed by atoms with E-state index in [-0.39, 0.29) is 5.56 Å². The lowest BCUT2D eigenvalue weighted by Gasteiger charge is -2.07. The van der Waals surface area contributed by atoms with Crippen LogP contribution in [0.5, 0.6) is 11.5 Å². The van der Waals surface area contributed by atoms with Crippen LogP contribution in [0.1, 0.15) is 15.9 Å². The van der Waals surface area contributed by atoms with Crippen molar-refractivity contribution in [3.8, 4) is 11.5 Å². The van der Waals surface area contributed by atoms with Gasteiger partial charge in [0, 0.05) is 11.6 Å². The average molecular weight is 302 g/mol. The van der Waals surface area contributed by atoms with Crippen molar-refractivity contribution in [2.45, 2.75) is 0 Å². The van der Waals surface area contributed by atoms with Gasteiger partial charge < -0.3 is 9.47 Å². The summed E-state index contributed by atoms with van der Waals surface area (Å²) in [6, 6.07) is 10.9. The molecular weight excluding hydrogens is 287 g/mol. The molecule has 0 bridgehead atoms. The van der Waals surface area contributed by atoms with Gasteiger partial charge in [-0.1, -0.05) is 12.1 Å². The number of nitrogens with one attached hydrogen (secondary N) is 1. The summed E-state index contributed by atoms with van der Waals surface area (Å²) in [5.41, 5.74) is 2.85. The highest BCUT2D eigenvalue weighted by molar-refractivity contribution is 5.95. The molecule has 0 radical (unpaired) electrons. The maximum absolute atomic E-state index is 13.4. The first-order valence-corrected chi connectivity index (χ1v) is 6.45. The minimum absolute atomic E-state index is 0.0682. The van der Waals surface area contributed by atoms with Gasteiger partial charge in [0.1, 0.15) is 17.3 Å². The third-order valence-electron chi connectivity index (χ3n) is 2.93. The second kappa shape index (κ2) is 7.21. The molecular formula is C16H15FN2O3. The van der Waals surface area contributed by atoms with Gasteiger partial charge in [0.25, 0.3) is 5.91 Å². The zero-order valence-electron chi connectivity index (χ0n) is 12.2. The molecule has 114 valence electrons. The second-order valence-corrected chi connectivity index (χ2v) is 4.29. The third-order valence-corrected chi connectivity index (χ3v) is 2.93. The number of halogens is 1. The number of hydrogen-bond acceptors (Lipinski definition) is 4. The Balaban J connectivity index is 2.10. The van der Waals surface area contributed by atoms with Gasteiger partial charge in [-0.2, -0.15) is 5.10 Å². The Kier molecular flexibility index (Phi) is 5.08. The Labute approximate surface area is 127 Å². The number of hydrazone groups is 1. The molecule has 0 saturated carbocycles. The zero-order chi connectivity index (χ0) is 15.9. The van der Waals surface area contributed by atoms with Crippen LogP contribution in [-0.2, 0) is 0 Å². The summed E-state index contributed by atoms with van der Waals surface area (Å²) in [6.45, 7) is 0. The monoisotopic (exact) mass is 302 g/mol. The van der Waals surface area contributed by atoms with Crippen LogP contribution in [0.15, 0.2) is 47.6 Å². The molecule has 6 heteroatoms. The predicted molar refractivity (Wildman–Crippen MR) is 81.0 cm³/mol. The van der Waals surface area contributed by atoms with Crippen molar-refractivity contribution < 1.29 is 18.7 Å². The van der Waals surface area contributed by atoms with Crippen LogP contribution in [0.25, 0.3) is 0 Å². The minimum Gasteiger partial charge on any atom is -0.497 e. The van der Waals surface area contributed by atoms with Gasteiger partial charge in [-0.3, -0.25) is 4.79 Å². The van der Waals surface area contributed by atoms with E-state index >= 15 is 0 Å². The topological polar surface area (TPSA) is 59.9 Å². The number of ether oxygens (including phenoxy) is 2. The normalized spacial score (nSPS) is 10.5. The van der Waals surface area contributed by atoms with Crippen LogP contribution in [-0.4, -0.2) is 26.3 Å². The fraction of sp³-hybridized carbons (Fsp3) is 0.125. The number of carbonyl (C=O) groups excluding carboxylic acids is 1. The summed E-state index contributed by atoms with van der Waals surface area (Å²) in [6.07, 6.45) is 1.41. The molecule has 22 heavy (non-hydrogen) atoms. The maximum atomic E-state index is 13.4. The molecule has 2 rings (SSSR count). The van der Waals surface area contributed by atoms with Gasteiger partial charge in [0.05, 0.1) is 26.0 Å². The van der Waals surface area contributed by atoms with Crippen molar-refractivity contribution in [2.75, 3.05) is 14.2 Å². The Hall–Kier alpha value is -2.89. The summed E-state index contributed by atoms with van der Waals surface area (Å²) >= 11 is 0. The van der Waals surface area contributed by atoms with Crippen molar-refractivity contribution in [1.82, 2.24) is 5.43 Å². The van der Waals surface area contributed by atoms with Gasteiger partial charge in [-0.25, -0.2) is 9.82 Å². The minimum atomic E-state index is -0.623. The van der Waals surface area contributed by atoms with Crippen molar-refractivity contribution in [3.63, 3.8) is 0 Å². The molecule has 0 aromatic heterocycles. The number of rotatable bonds is 5. The van der Waals surface area contributed by atoms with Crippen molar-refractivity contribution in [3.05, 3.63) is 59.4 Å². The summed E-state index contributed by atoms with van der Waals surface area (Å²) in [7, 11) is 3.07. The van der Waals surface area contributed by atoms with E-state index in [4.69, 9.17) is 9.47 Å². The molecule has 0 fully saturated rings. The molecule has 1 amide bonds. The summed E-state index contributed by atoms with van der Waals surface area (Å²) in [5.74, 6) is -0.0355. The van der Waals surface area contributed by atoms with E-state index in [1.807, 2.05) is 0 Å². The Morgan fingerprint density at radius 2 is 1.95 bits per heavy atom. The van der Waals surface area contributed by atoms with E-state index in [0.29, 0.717) is 17.1 Å². The van der Waals surface area contributed by atoms with Crippen LogP contribution >= 0.6 is 0 Å². The highest BCUT2D eigenvalue weighted by Gasteiger charge is 2.09. The van der Waals surface area contributed by atoms with Gasteiger partial charge >= 0.3 is 0 Å². The maximum Gasteiger partial charge on any atom is 0.274 e. The quantitative estimate of drug-likeness (QED) is 0.682. The Morgan fingerprint density at radius 3 is 2.64 bits per heavy atom. The first-order chi connectivity index (χ1) is 10.7. The van der Waals surface area contributed by atoms with Crippen LogP contribution < -0.4 is 14.9 Å². The second-order valence-electron chi connectivity index (χ2n) is 4.29. The number of amides is 1. The SMILES string of the molecule is COc1ccc(/C=N\NC(=O)c2ccccc2F)c(OC)c1. The van der Waals surface area contributed by atoms with Crippen molar-refractivity contribution in [1.29, 1.82) is 0 Å². The Morgan fingerprint density at radius 1 is 1.18 bits per heavy atom. The van der Waals surface area contributed by atoms with Gasteiger partial charge in [0.2, 0.25) is 0 Å². The molecule has 0 heterocycles. The summed E-state index contributed by atoms with van der Waals surface area (Å²) in [5, 5.41) is 3.81. The van der Waals surface area contributed by atoms with Crippen molar-refractivity contribution in [2.24, 2.45) is 5.10 Å². The first kappa shape index (κ1) is 15.5. The summed E-state index contributed by atoms with van der Waals surface area (Å²) in [4.78, 5) is 11.8. The van der Waals surface area contributed by atoms with E-state index in [9.17, 15) is 9.18 Å². The Bertz CT molecular complexity index is 702. The molecule has 2 aromatic rings. The average Bonchev–Trinajstić information content (AvgIpc) is 2.55. The third kappa shape index (κ3) is 3.60. The predicted octanol–water partition coefficient (Wildman–Crippen LogP) is 2.61. The van der Waals surface area contributed by atoms with Crippen LogP contribution in [0.2, 0.25) is 0 Å². The first-order valence-electron chi connectivity index (χ1n) is 6.45. The van der Waals surface area contributed by atoms with E-state index in [0.717, 1.165) is 0 Å². The number of methoxy groups -OCH3 is 2. The van der Waals surface area contributed by atoms with E-state index in [1.54, 1.807) is 31.4 Å². The van der Waals surface area contributed by atoms with Crippen LogP contribution in [0.4, 0.5) is 4.39 Å². The number of nitrogens with zero attached hydrogens (tertiary/aromatic N) is 1. The molecule has 0 atom stereocenters. The zero-order valence-corrected chi connectivity index (χ0v) is 12.2. The van der Waals surface area contributed by atoms with Gasteiger partial charge in [0.15, 0.2) is 0 Å². The highest BCUT2D eigenvalue weighted by atomic mass is 19.1. The summed E-state index contributed by atoms with van der Waals surface area (Å²) < 4.78 is 23.7. The van der Waals surface area contributed by atoms with Gasteiger partial charge in [-0.05, 0) is 24.3 Å². The molecule has 1 N–H and O–H groups in total.